The highest BCUT2D eigenvalue weighted by atomic mass is 35.5. The Morgan fingerprint density at radius 2 is 2.10 bits per heavy atom. The van der Waals surface area contributed by atoms with Crippen LogP contribution in [0.2, 0.25) is 5.02 Å². The van der Waals surface area contributed by atoms with Gasteiger partial charge in [-0.25, -0.2) is 4.99 Å². The van der Waals surface area contributed by atoms with Crippen LogP contribution in [0.5, 0.6) is 0 Å². The molecule has 1 aliphatic rings. The molecule has 0 spiro atoms. The van der Waals surface area contributed by atoms with E-state index >= 15 is 0 Å². The summed E-state index contributed by atoms with van der Waals surface area (Å²) in [6.45, 7) is 9.50. The second-order valence-corrected chi connectivity index (χ2v) is 9.09. The lowest BCUT2D eigenvalue weighted by molar-refractivity contribution is 0.265. The first-order chi connectivity index (χ1) is 14.8. The summed E-state index contributed by atoms with van der Waals surface area (Å²) in [4.78, 5) is 12.0. The maximum absolute atomic E-state index is 9.96. The third kappa shape index (κ3) is 3.90. The Morgan fingerprint density at radius 1 is 1.32 bits per heavy atom. The van der Waals surface area contributed by atoms with E-state index in [0.717, 1.165) is 36.5 Å². The van der Waals surface area contributed by atoms with Crippen LogP contribution in [-0.4, -0.2) is 44.0 Å². The molecule has 8 nitrogen and oxygen atoms in total. The second kappa shape index (κ2) is 8.51. The SMILES string of the molecule is CC(C)c1[nH]nc2c(=Nc3ccc(N)c(Cl)c3)nc(N3CCCC3CO)n(C(C)C)c12. The normalized spacial score (nSPS) is 17.6. The van der Waals surface area contributed by atoms with Crippen LogP contribution in [0.1, 0.15) is 58.2 Å². The van der Waals surface area contributed by atoms with Crippen molar-refractivity contribution < 1.29 is 5.11 Å². The molecule has 0 saturated carbocycles. The Labute approximate surface area is 186 Å². The Bertz CT molecular complexity index is 1160. The van der Waals surface area contributed by atoms with E-state index in [1.54, 1.807) is 12.1 Å². The van der Waals surface area contributed by atoms with Gasteiger partial charge in [0.25, 0.3) is 0 Å². The predicted molar refractivity (Wildman–Crippen MR) is 125 cm³/mol. The maximum Gasteiger partial charge on any atom is 0.208 e. The third-order valence-electron chi connectivity index (χ3n) is 5.80. The standard InChI is InChI=1S/C22H30ClN7O/c1-12(2)18-20-19(28-27-18)21(25-14-7-8-17(24)16(23)10-14)26-22(30(20)13(3)4)29-9-5-6-15(29)11-31/h7-8,10,12-13,15,31H,5-6,9,11,24H2,1-4H3,(H,27,28). The summed E-state index contributed by atoms with van der Waals surface area (Å²) < 4.78 is 2.22. The number of nitrogen functional groups attached to an aromatic ring is 1. The molecule has 3 aromatic rings. The van der Waals surface area contributed by atoms with E-state index in [-0.39, 0.29) is 24.6 Å². The molecule has 2 aromatic heterocycles. The molecule has 1 aliphatic heterocycles. The molecule has 0 radical (unpaired) electrons. The molecular weight excluding hydrogens is 414 g/mol. The summed E-state index contributed by atoms with van der Waals surface area (Å²) in [5.41, 5.74) is 10.3. The highest BCUT2D eigenvalue weighted by Gasteiger charge is 2.30. The number of fused-ring (bicyclic) bond motifs is 1. The number of aromatic nitrogens is 4. The van der Waals surface area contributed by atoms with Crippen molar-refractivity contribution in [3.05, 3.63) is 34.4 Å². The van der Waals surface area contributed by atoms with Crippen molar-refractivity contribution >= 4 is 40.0 Å². The topological polar surface area (TPSA) is 108 Å². The van der Waals surface area contributed by atoms with Crippen LogP contribution in [0.15, 0.2) is 23.2 Å². The van der Waals surface area contributed by atoms with Gasteiger partial charge in [-0.05, 0) is 50.8 Å². The predicted octanol–water partition coefficient (Wildman–Crippen LogP) is 3.89. The lowest BCUT2D eigenvalue weighted by Gasteiger charge is -2.29. The Balaban J connectivity index is 2.06. The fourth-order valence-corrected chi connectivity index (χ4v) is 4.39. The van der Waals surface area contributed by atoms with Crippen LogP contribution < -0.4 is 16.1 Å². The largest absolute Gasteiger partial charge is 0.398 e. The minimum atomic E-state index is 0.0446. The molecule has 31 heavy (non-hydrogen) atoms. The zero-order valence-corrected chi connectivity index (χ0v) is 19.2. The highest BCUT2D eigenvalue weighted by Crippen LogP contribution is 2.31. The summed E-state index contributed by atoms with van der Waals surface area (Å²) in [7, 11) is 0. The molecule has 1 atom stereocenters. The summed E-state index contributed by atoms with van der Waals surface area (Å²) in [5.74, 6) is 1.05. The van der Waals surface area contributed by atoms with Crippen LogP contribution in [0.25, 0.3) is 11.0 Å². The summed E-state index contributed by atoms with van der Waals surface area (Å²) >= 11 is 6.22. The average Bonchev–Trinajstić information content (AvgIpc) is 3.37. The van der Waals surface area contributed by atoms with Gasteiger partial charge in [0.1, 0.15) is 0 Å². The molecule has 4 rings (SSSR count). The number of halogens is 1. The molecule has 1 aromatic carbocycles. The van der Waals surface area contributed by atoms with E-state index in [9.17, 15) is 5.11 Å². The molecule has 0 bridgehead atoms. The zero-order valence-electron chi connectivity index (χ0n) is 18.4. The van der Waals surface area contributed by atoms with E-state index < -0.39 is 0 Å². The van der Waals surface area contributed by atoms with Crippen molar-refractivity contribution in [2.45, 2.75) is 58.5 Å². The number of aromatic amines is 1. The van der Waals surface area contributed by atoms with Gasteiger partial charge >= 0.3 is 0 Å². The fourth-order valence-electron chi connectivity index (χ4n) is 4.22. The van der Waals surface area contributed by atoms with Crippen molar-refractivity contribution in [2.75, 3.05) is 23.8 Å². The molecule has 166 valence electrons. The van der Waals surface area contributed by atoms with E-state index in [4.69, 9.17) is 27.3 Å². The van der Waals surface area contributed by atoms with Gasteiger partial charge in [0.2, 0.25) is 5.95 Å². The average molecular weight is 444 g/mol. The molecule has 0 aliphatic carbocycles. The van der Waals surface area contributed by atoms with Crippen LogP contribution in [0.4, 0.5) is 17.3 Å². The van der Waals surface area contributed by atoms with Crippen molar-refractivity contribution in [3.63, 3.8) is 0 Å². The number of H-pyrrole nitrogens is 1. The molecule has 4 N–H and O–H groups in total. The lowest BCUT2D eigenvalue weighted by Crippen LogP contribution is -2.37. The number of hydrogen-bond donors (Lipinski definition) is 3. The number of anilines is 2. The van der Waals surface area contributed by atoms with Gasteiger partial charge in [-0.1, -0.05) is 25.4 Å². The number of rotatable bonds is 5. The summed E-state index contributed by atoms with van der Waals surface area (Å²) in [6.07, 6.45) is 1.96. The monoisotopic (exact) mass is 443 g/mol. The van der Waals surface area contributed by atoms with Crippen LogP contribution >= 0.6 is 11.6 Å². The molecule has 1 unspecified atom stereocenters. The number of nitrogens with zero attached hydrogens (tertiary/aromatic N) is 5. The van der Waals surface area contributed by atoms with Gasteiger partial charge in [0, 0.05) is 12.6 Å². The lowest BCUT2D eigenvalue weighted by atomic mass is 10.1. The first-order valence-electron chi connectivity index (χ1n) is 10.8. The van der Waals surface area contributed by atoms with E-state index in [1.807, 2.05) is 6.07 Å². The van der Waals surface area contributed by atoms with E-state index in [0.29, 0.717) is 27.4 Å². The van der Waals surface area contributed by atoms with Gasteiger partial charge in [-0.15, -0.1) is 0 Å². The van der Waals surface area contributed by atoms with E-state index in [2.05, 4.69) is 47.4 Å². The van der Waals surface area contributed by atoms with Gasteiger partial charge in [-0.3, -0.25) is 5.10 Å². The molecule has 1 saturated heterocycles. The van der Waals surface area contributed by atoms with Crippen LogP contribution in [-0.2, 0) is 0 Å². The minimum Gasteiger partial charge on any atom is -0.398 e. The first-order valence-corrected chi connectivity index (χ1v) is 11.2. The highest BCUT2D eigenvalue weighted by molar-refractivity contribution is 6.33. The van der Waals surface area contributed by atoms with Crippen molar-refractivity contribution in [3.8, 4) is 0 Å². The number of aliphatic hydroxyl groups is 1. The number of aliphatic hydroxyl groups excluding tert-OH is 1. The molecule has 0 amide bonds. The Hall–Kier alpha value is -2.58. The van der Waals surface area contributed by atoms with Gasteiger partial charge in [-0.2, -0.15) is 10.1 Å². The van der Waals surface area contributed by atoms with Crippen molar-refractivity contribution in [2.24, 2.45) is 4.99 Å². The summed E-state index contributed by atoms with van der Waals surface area (Å²) in [5, 5.41) is 18.2. The first kappa shape index (κ1) is 21.6. The zero-order chi connectivity index (χ0) is 22.3. The number of hydrogen-bond acceptors (Lipinski definition) is 6. The Morgan fingerprint density at radius 3 is 2.74 bits per heavy atom. The van der Waals surface area contributed by atoms with Crippen LogP contribution in [0, 0.1) is 0 Å². The number of nitrogens with two attached hydrogens (primary N) is 1. The number of nitrogens with one attached hydrogen (secondary N) is 1. The third-order valence-corrected chi connectivity index (χ3v) is 6.13. The maximum atomic E-state index is 9.96. The summed E-state index contributed by atoms with van der Waals surface area (Å²) in [6, 6.07) is 5.49. The van der Waals surface area contributed by atoms with Gasteiger partial charge in [0.15, 0.2) is 11.0 Å². The quantitative estimate of drug-likeness (QED) is 0.518. The molecule has 3 heterocycles. The fraction of sp³-hybridized carbons (Fsp3) is 0.500. The van der Waals surface area contributed by atoms with Crippen molar-refractivity contribution in [1.82, 2.24) is 19.7 Å². The Kier molecular flexibility index (Phi) is 5.94. The van der Waals surface area contributed by atoms with Crippen molar-refractivity contribution in [1.29, 1.82) is 0 Å². The number of benzene rings is 1. The van der Waals surface area contributed by atoms with Crippen LogP contribution in [0.3, 0.4) is 0 Å². The molecule has 9 heteroatoms. The molecule has 1 fully saturated rings. The minimum absolute atomic E-state index is 0.0446. The van der Waals surface area contributed by atoms with E-state index in [1.165, 1.54) is 0 Å². The smallest absolute Gasteiger partial charge is 0.208 e. The molecular formula is C22H30ClN7O. The van der Waals surface area contributed by atoms with Gasteiger partial charge in [0.05, 0.1) is 40.3 Å². The second-order valence-electron chi connectivity index (χ2n) is 8.68. The van der Waals surface area contributed by atoms with Gasteiger partial charge < -0.3 is 20.3 Å².